The van der Waals surface area contributed by atoms with Crippen molar-refractivity contribution in [3.63, 3.8) is 0 Å². The number of rotatable bonds is 2. The van der Waals surface area contributed by atoms with Gasteiger partial charge in [0, 0.05) is 0 Å². The summed E-state index contributed by atoms with van der Waals surface area (Å²) in [5.41, 5.74) is 4.97. The molecular weight excluding hydrogens is 178 g/mol. The fourth-order valence-electron chi connectivity index (χ4n) is 0.491. The molecule has 4 N–H and O–H groups in total. The molecule has 1 saturated heterocycles. The van der Waals surface area contributed by atoms with Crippen LogP contribution in [0.3, 0.4) is 0 Å². The van der Waals surface area contributed by atoms with Crippen LogP contribution in [0.4, 0.5) is 0 Å². The first-order valence-electron chi connectivity index (χ1n) is 3.81. The first-order valence-corrected chi connectivity index (χ1v) is 3.81. The molecule has 76 valence electrons. The summed E-state index contributed by atoms with van der Waals surface area (Å²) >= 11 is 0. The molecule has 0 bridgehead atoms. The number of aliphatic hydroxyl groups excluding tert-OH is 2. The minimum Gasteiger partial charge on any atom is -0.395 e. The number of cyclic esters (lactones) is 2. The van der Waals surface area contributed by atoms with Gasteiger partial charge in [-0.3, -0.25) is 9.59 Å². The van der Waals surface area contributed by atoms with Gasteiger partial charge in [0.1, 0.15) is 0 Å². The number of esters is 2. The van der Waals surface area contributed by atoms with Crippen LogP contribution in [0.2, 0.25) is 0 Å². The van der Waals surface area contributed by atoms with Gasteiger partial charge in [0.25, 0.3) is 0 Å². The van der Waals surface area contributed by atoms with Crippen molar-refractivity contribution >= 4 is 11.9 Å². The van der Waals surface area contributed by atoms with Crippen molar-refractivity contribution in [2.24, 2.45) is 5.73 Å². The molecular formula is C7H13NO5. The second-order valence-electron chi connectivity index (χ2n) is 2.47. The van der Waals surface area contributed by atoms with Crippen LogP contribution in [0.5, 0.6) is 0 Å². The molecule has 0 aromatic heterocycles. The molecule has 0 aromatic rings. The highest BCUT2D eigenvalue weighted by molar-refractivity contribution is 5.92. The number of carbonyl (C=O) groups is 2. The van der Waals surface area contributed by atoms with Crippen LogP contribution < -0.4 is 5.73 Å². The van der Waals surface area contributed by atoms with Gasteiger partial charge >= 0.3 is 11.9 Å². The van der Waals surface area contributed by atoms with Crippen LogP contribution in [-0.4, -0.2) is 41.4 Å². The molecule has 0 spiro atoms. The Hall–Kier alpha value is -0.980. The maximum Gasteiger partial charge on any atom is 0.314 e. The fourth-order valence-corrected chi connectivity index (χ4v) is 0.491. The highest BCUT2D eigenvalue weighted by atomic mass is 16.6. The minimum absolute atomic E-state index is 0.142. The number of carbonyl (C=O) groups excluding carboxylic acids is 2. The van der Waals surface area contributed by atoms with Crippen LogP contribution in [0.25, 0.3) is 0 Å². The Morgan fingerprint density at radius 2 is 1.62 bits per heavy atom. The summed E-state index contributed by atoms with van der Waals surface area (Å²) in [5.74, 6) is -0.796. The monoisotopic (exact) mass is 191 g/mol. The van der Waals surface area contributed by atoms with Crippen molar-refractivity contribution in [2.45, 2.75) is 18.9 Å². The fraction of sp³-hybridized carbons (Fsp3) is 0.714. The van der Waals surface area contributed by atoms with E-state index in [0.717, 1.165) is 0 Å². The first-order chi connectivity index (χ1) is 6.10. The van der Waals surface area contributed by atoms with Crippen molar-refractivity contribution in [1.82, 2.24) is 0 Å². The van der Waals surface area contributed by atoms with Crippen LogP contribution in [0.1, 0.15) is 12.8 Å². The largest absolute Gasteiger partial charge is 0.395 e. The molecule has 0 amide bonds. The Morgan fingerprint density at radius 3 is 1.69 bits per heavy atom. The molecule has 6 nitrogen and oxygen atoms in total. The van der Waals surface area contributed by atoms with Gasteiger partial charge in [0.05, 0.1) is 32.1 Å². The summed E-state index contributed by atoms with van der Waals surface area (Å²) in [7, 11) is 0. The van der Waals surface area contributed by atoms with Crippen molar-refractivity contribution in [3.05, 3.63) is 0 Å². The van der Waals surface area contributed by atoms with E-state index in [9.17, 15) is 9.59 Å². The van der Waals surface area contributed by atoms with Crippen LogP contribution in [0, 0.1) is 0 Å². The number of ether oxygens (including phenoxy) is 1. The molecule has 1 heterocycles. The Labute approximate surface area is 75.3 Å². The average Bonchev–Trinajstić information content (AvgIpc) is 2.49. The van der Waals surface area contributed by atoms with Gasteiger partial charge in [-0.15, -0.1) is 0 Å². The summed E-state index contributed by atoms with van der Waals surface area (Å²) in [4.78, 5) is 20.0. The lowest BCUT2D eigenvalue weighted by molar-refractivity contribution is -0.151. The maximum absolute atomic E-state index is 10.0. The van der Waals surface area contributed by atoms with Gasteiger partial charge in [0.15, 0.2) is 0 Å². The molecule has 0 radical (unpaired) electrons. The third kappa shape index (κ3) is 6.21. The normalized spacial score (nSPS) is 15.4. The van der Waals surface area contributed by atoms with Crippen molar-refractivity contribution < 1.29 is 24.5 Å². The summed E-state index contributed by atoms with van der Waals surface area (Å²) in [6.45, 7) is -0.285. The molecule has 0 aromatic carbocycles. The number of hydrogen-bond acceptors (Lipinski definition) is 6. The lowest BCUT2D eigenvalue weighted by Gasteiger charge is -1.98. The molecule has 1 rings (SSSR count). The lowest BCUT2D eigenvalue weighted by atomic mass is 10.4. The van der Waals surface area contributed by atoms with E-state index in [1.807, 2.05) is 0 Å². The Balaban J connectivity index is 0.000000226. The van der Waals surface area contributed by atoms with E-state index in [1.54, 1.807) is 0 Å². The van der Waals surface area contributed by atoms with E-state index in [1.165, 1.54) is 0 Å². The topological polar surface area (TPSA) is 110 Å². The Bertz CT molecular complexity index is 164. The van der Waals surface area contributed by atoms with Gasteiger partial charge in [-0.1, -0.05) is 0 Å². The summed E-state index contributed by atoms with van der Waals surface area (Å²) in [5, 5.41) is 16.1. The first kappa shape index (κ1) is 12.0. The van der Waals surface area contributed by atoms with Gasteiger partial charge in [-0.2, -0.15) is 0 Å². The van der Waals surface area contributed by atoms with Gasteiger partial charge in [-0.25, -0.2) is 0 Å². The van der Waals surface area contributed by atoms with E-state index in [4.69, 9.17) is 15.9 Å². The quantitative estimate of drug-likeness (QED) is 0.349. The average molecular weight is 191 g/mol. The van der Waals surface area contributed by atoms with E-state index in [2.05, 4.69) is 4.74 Å². The molecule has 1 fully saturated rings. The molecule has 0 saturated carbocycles. The van der Waals surface area contributed by atoms with Crippen LogP contribution in [0.15, 0.2) is 0 Å². The van der Waals surface area contributed by atoms with E-state index in [0.29, 0.717) is 0 Å². The molecule has 13 heavy (non-hydrogen) atoms. The summed E-state index contributed by atoms with van der Waals surface area (Å²) in [6, 6.07) is -0.454. The lowest BCUT2D eigenvalue weighted by Crippen LogP contribution is -2.27. The zero-order valence-electron chi connectivity index (χ0n) is 7.10. The third-order valence-electron chi connectivity index (χ3n) is 1.23. The molecule has 1 aliphatic heterocycles. The molecule has 0 atom stereocenters. The summed E-state index contributed by atoms with van der Waals surface area (Å²) < 4.78 is 4.08. The zero-order chi connectivity index (χ0) is 10.3. The second kappa shape index (κ2) is 6.53. The number of aliphatic hydroxyl groups is 2. The Morgan fingerprint density at radius 1 is 1.23 bits per heavy atom. The predicted octanol–water partition coefficient (Wildman–Crippen LogP) is -1.85. The molecule has 0 aliphatic carbocycles. The highest BCUT2D eigenvalue weighted by Gasteiger charge is 2.19. The van der Waals surface area contributed by atoms with Crippen LogP contribution >= 0.6 is 0 Å². The number of hydrogen-bond donors (Lipinski definition) is 3. The van der Waals surface area contributed by atoms with Crippen molar-refractivity contribution in [3.8, 4) is 0 Å². The Kier molecular flexibility index (Phi) is 6.03. The van der Waals surface area contributed by atoms with Gasteiger partial charge in [0.2, 0.25) is 0 Å². The van der Waals surface area contributed by atoms with Crippen molar-refractivity contribution in [2.75, 3.05) is 13.2 Å². The van der Waals surface area contributed by atoms with E-state index < -0.39 is 18.0 Å². The predicted molar refractivity (Wildman–Crippen MR) is 42.5 cm³/mol. The van der Waals surface area contributed by atoms with E-state index in [-0.39, 0.29) is 26.1 Å². The highest BCUT2D eigenvalue weighted by Crippen LogP contribution is 2.03. The standard InChI is InChI=1S/C4H4O3.C3H9NO2/c5-3-1-2-4(6)7-3;4-3(1-5)2-6/h1-2H2;3,5-6H,1-2,4H2. The third-order valence-corrected chi connectivity index (χ3v) is 1.23. The molecule has 0 unspecified atom stereocenters. The van der Waals surface area contributed by atoms with Gasteiger partial charge in [-0.05, 0) is 0 Å². The zero-order valence-corrected chi connectivity index (χ0v) is 7.10. The summed E-state index contributed by atoms with van der Waals surface area (Å²) in [6.07, 6.45) is 0.525. The van der Waals surface area contributed by atoms with Crippen LogP contribution in [-0.2, 0) is 14.3 Å². The second-order valence-corrected chi connectivity index (χ2v) is 2.47. The van der Waals surface area contributed by atoms with E-state index >= 15 is 0 Å². The van der Waals surface area contributed by atoms with Gasteiger partial charge < -0.3 is 20.7 Å². The molecule has 6 heteroatoms. The number of nitrogens with two attached hydrogens (primary N) is 1. The maximum atomic E-state index is 10.0. The SMILES string of the molecule is NC(CO)CO.O=C1CCC(=O)O1. The molecule has 1 aliphatic rings. The van der Waals surface area contributed by atoms with Crippen molar-refractivity contribution in [1.29, 1.82) is 0 Å². The smallest absolute Gasteiger partial charge is 0.314 e. The minimum atomic E-state index is -0.454.